The van der Waals surface area contributed by atoms with Crippen molar-refractivity contribution in [2.75, 3.05) is 0 Å². The zero-order chi connectivity index (χ0) is 8.97. The molecule has 0 saturated heterocycles. The van der Waals surface area contributed by atoms with Crippen LogP contribution in [0, 0.1) is 3.57 Å². The van der Waals surface area contributed by atoms with Gasteiger partial charge >= 0.3 is 0 Å². The molecule has 0 nitrogen and oxygen atoms in total. The van der Waals surface area contributed by atoms with E-state index in [0.29, 0.717) is 5.88 Å². The normalized spacial score (nSPS) is 10.2. The van der Waals surface area contributed by atoms with Crippen molar-refractivity contribution in [1.29, 1.82) is 0 Å². The highest BCUT2D eigenvalue weighted by Gasteiger charge is 2.03. The van der Waals surface area contributed by atoms with Gasteiger partial charge in [-0.1, -0.05) is 25.5 Å². The molecule has 0 saturated carbocycles. The molecule has 0 aliphatic carbocycles. The molecule has 0 aromatic heterocycles. The Morgan fingerprint density at radius 1 is 1.42 bits per heavy atom. The lowest BCUT2D eigenvalue weighted by Crippen LogP contribution is -1.93. The van der Waals surface area contributed by atoms with Crippen molar-refractivity contribution in [3.63, 3.8) is 0 Å². The standard InChI is InChI=1S/C10H12ClI/c1-2-4-8-5-3-6-10(12)9(8)7-11/h3,5-6H,2,4,7H2,1H3. The first-order valence-electron chi connectivity index (χ1n) is 4.11. The summed E-state index contributed by atoms with van der Waals surface area (Å²) in [5.74, 6) is 0.633. The summed E-state index contributed by atoms with van der Waals surface area (Å²) < 4.78 is 1.29. The molecule has 0 N–H and O–H groups in total. The second-order valence-corrected chi connectivity index (χ2v) is 4.19. The van der Waals surface area contributed by atoms with Crippen LogP contribution in [0.5, 0.6) is 0 Å². The highest BCUT2D eigenvalue weighted by molar-refractivity contribution is 14.1. The smallest absolute Gasteiger partial charge is 0.0487 e. The first-order valence-corrected chi connectivity index (χ1v) is 5.73. The molecule has 0 radical (unpaired) electrons. The molecule has 0 heterocycles. The monoisotopic (exact) mass is 294 g/mol. The van der Waals surface area contributed by atoms with Crippen LogP contribution in [0.2, 0.25) is 0 Å². The minimum Gasteiger partial charge on any atom is -0.121 e. The lowest BCUT2D eigenvalue weighted by atomic mass is 10.0. The highest BCUT2D eigenvalue weighted by atomic mass is 127. The number of alkyl halides is 1. The molecule has 1 aromatic carbocycles. The van der Waals surface area contributed by atoms with Gasteiger partial charge < -0.3 is 0 Å². The van der Waals surface area contributed by atoms with Crippen LogP contribution in [0.1, 0.15) is 24.5 Å². The van der Waals surface area contributed by atoms with Crippen molar-refractivity contribution >= 4 is 34.2 Å². The number of halogens is 2. The predicted molar refractivity (Wildman–Crippen MR) is 62.7 cm³/mol. The molecule has 0 aliphatic rings. The van der Waals surface area contributed by atoms with Gasteiger partial charge in [-0.3, -0.25) is 0 Å². The van der Waals surface area contributed by atoms with Gasteiger partial charge in [-0.05, 0) is 46.2 Å². The van der Waals surface area contributed by atoms with E-state index in [4.69, 9.17) is 11.6 Å². The minimum atomic E-state index is 0.633. The van der Waals surface area contributed by atoms with Crippen molar-refractivity contribution in [2.45, 2.75) is 25.6 Å². The van der Waals surface area contributed by atoms with E-state index in [1.54, 1.807) is 0 Å². The molecule has 1 rings (SSSR count). The van der Waals surface area contributed by atoms with Crippen LogP contribution < -0.4 is 0 Å². The molecule has 0 aliphatic heterocycles. The van der Waals surface area contributed by atoms with Crippen molar-refractivity contribution < 1.29 is 0 Å². The topological polar surface area (TPSA) is 0 Å². The molecule has 1 aromatic rings. The minimum absolute atomic E-state index is 0.633. The third-order valence-electron chi connectivity index (χ3n) is 1.87. The zero-order valence-electron chi connectivity index (χ0n) is 7.11. The quantitative estimate of drug-likeness (QED) is 0.584. The SMILES string of the molecule is CCCc1cccc(I)c1CCl. The van der Waals surface area contributed by atoms with Crippen molar-refractivity contribution in [3.8, 4) is 0 Å². The molecule has 0 spiro atoms. The van der Waals surface area contributed by atoms with Crippen LogP contribution in [-0.4, -0.2) is 0 Å². The van der Waals surface area contributed by atoms with Crippen LogP contribution >= 0.6 is 34.2 Å². The Morgan fingerprint density at radius 2 is 2.17 bits per heavy atom. The Kier molecular flexibility index (Phi) is 4.36. The summed E-state index contributed by atoms with van der Waals surface area (Å²) in [4.78, 5) is 0. The van der Waals surface area contributed by atoms with Crippen molar-refractivity contribution in [3.05, 3.63) is 32.9 Å². The van der Waals surface area contributed by atoms with Gasteiger partial charge in [0.05, 0.1) is 0 Å². The summed E-state index contributed by atoms with van der Waals surface area (Å²) in [7, 11) is 0. The van der Waals surface area contributed by atoms with Gasteiger partial charge in [-0.15, -0.1) is 11.6 Å². The predicted octanol–water partition coefficient (Wildman–Crippen LogP) is 3.98. The maximum Gasteiger partial charge on any atom is 0.0487 e. The fourth-order valence-electron chi connectivity index (χ4n) is 1.26. The summed E-state index contributed by atoms with van der Waals surface area (Å²) in [5.41, 5.74) is 2.71. The van der Waals surface area contributed by atoms with E-state index in [2.05, 4.69) is 47.7 Å². The van der Waals surface area contributed by atoms with E-state index in [0.717, 1.165) is 6.42 Å². The van der Waals surface area contributed by atoms with Crippen LogP contribution in [0.4, 0.5) is 0 Å². The Morgan fingerprint density at radius 3 is 2.75 bits per heavy atom. The number of hydrogen-bond donors (Lipinski definition) is 0. The summed E-state index contributed by atoms with van der Waals surface area (Å²) in [5, 5.41) is 0. The number of benzene rings is 1. The Labute approximate surface area is 92.5 Å². The van der Waals surface area contributed by atoms with Crippen LogP contribution in [0.3, 0.4) is 0 Å². The van der Waals surface area contributed by atoms with Gasteiger partial charge in [0.25, 0.3) is 0 Å². The largest absolute Gasteiger partial charge is 0.121 e. The van der Waals surface area contributed by atoms with E-state index >= 15 is 0 Å². The second-order valence-electron chi connectivity index (χ2n) is 2.76. The van der Waals surface area contributed by atoms with E-state index < -0.39 is 0 Å². The van der Waals surface area contributed by atoms with E-state index in [9.17, 15) is 0 Å². The highest BCUT2D eigenvalue weighted by Crippen LogP contribution is 2.20. The molecular formula is C10H12ClI. The van der Waals surface area contributed by atoms with E-state index in [1.165, 1.54) is 21.1 Å². The molecular weight excluding hydrogens is 282 g/mol. The fraction of sp³-hybridized carbons (Fsp3) is 0.400. The third kappa shape index (κ3) is 2.36. The molecule has 0 fully saturated rings. The van der Waals surface area contributed by atoms with Gasteiger partial charge in [-0.2, -0.15) is 0 Å². The number of hydrogen-bond acceptors (Lipinski definition) is 0. The molecule has 66 valence electrons. The fourth-order valence-corrected chi connectivity index (χ4v) is 2.54. The lowest BCUT2D eigenvalue weighted by Gasteiger charge is -2.07. The molecule has 0 amide bonds. The lowest BCUT2D eigenvalue weighted by molar-refractivity contribution is 0.909. The average Bonchev–Trinajstić information content (AvgIpc) is 2.05. The molecule has 0 bridgehead atoms. The zero-order valence-corrected chi connectivity index (χ0v) is 10.0. The summed E-state index contributed by atoms with van der Waals surface area (Å²) in [6.07, 6.45) is 2.32. The summed E-state index contributed by atoms with van der Waals surface area (Å²) in [6.45, 7) is 2.19. The molecule has 12 heavy (non-hydrogen) atoms. The Hall–Kier alpha value is 0.240. The summed E-state index contributed by atoms with van der Waals surface area (Å²) in [6, 6.07) is 6.38. The molecule has 0 atom stereocenters. The number of aryl methyl sites for hydroxylation is 1. The average molecular weight is 295 g/mol. The van der Waals surface area contributed by atoms with E-state index in [1.807, 2.05) is 0 Å². The van der Waals surface area contributed by atoms with Crippen molar-refractivity contribution in [1.82, 2.24) is 0 Å². The van der Waals surface area contributed by atoms with Gasteiger partial charge in [0, 0.05) is 9.45 Å². The van der Waals surface area contributed by atoms with Crippen molar-refractivity contribution in [2.24, 2.45) is 0 Å². The molecule has 2 heteroatoms. The van der Waals surface area contributed by atoms with E-state index in [-0.39, 0.29) is 0 Å². The Balaban J connectivity index is 3.00. The number of rotatable bonds is 3. The molecule has 0 unspecified atom stereocenters. The maximum absolute atomic E-state index is 5.87. The van der Waals surface area contributed by atoms with Gasteiger partial charge in [0.1, 0.15) is 0 Å². The van der Waals surface area contributed by atoms with Crippen LogP contribution in [0.15, 0.2) is 18.2 Å². The van der Waals surface area contributed by atoms with Gasteiger partial charge in [-0.25, -0.2) is 0 Å². The third-order valence-corrected chi connectivity index (χ3v) is 3.15. The first-order chi connectivity index (χ1) is 5.79. The van der Waals surface area contributed by atoms with Gasteiger partial charge in [0.15, 0.2) is 0 Å². The second kappa shape index (κ2) is 5.07. The maximum atomic E-state index is 5.87. The summed E-state index contributed by atoms with van der Waals surface area (Å²) >= 11 is 8.21. The Bertz CT molecular complexity index is 258. The van der Waals surface area contributed by atoms with Crippen LogP contribution in [-0.2, 0) is 12.3 Å². The first kappa shape index (κ1) is 10.3. The van der Waals surface area contributed by atoms with Gasteiger partial charge in [0.2, 0.25) is 0 Å². The van der Waals surface area contributed by atoms with Crippen LogP contribution in [0.25, 0.3) is 0 Å².